The summed E-state index contributed by atoms with van der Waals surface area (Å²) < 4.78 is 13.6. The van der Waals surface area contributed by atoms with E-state index in [4.69, 9.17) is 0 Å². The van der Waals surface area contributed by atoms with E-state index in [1.165, 1.54) is 34.0 Å². The Hall–Kier alpha value is -1.84. The van der Waals surface area contributed by atoms with Gasteiger partial charge in [0.05, 0.1) is 6.04 Å². The first kappa shape index (κ1) is 16.0. The molecule has 2 nitrogen and oxygen atoms in total. The van der Waals surface area contributed by atoms with E-state index in [9.17, 15) is 4.39 Å². The highest BCUT2D eigenvalue weighted by Crippen LogP contribution is 2.35. The van der Waals surface area contributed by atoms with Gasteiger partial charge in [0.25, 0.3) is 0 Å². The molecule has 120 valence electrons. The topological polar surface area (TPSA) is 27.8 Å². The molecule has 0 saturated carbocycles. The van der Waals surface area contributed by atoms with Crippen LogP contribution in [0.3, 0.4) is 0 Å². The van der Waals surface area contributed by atoms with E-state index in [1.54, 1.807) is 6.07 Å². The molecule has 1 aliphatic rings. The van der Waals surface area contributed by atoms with Crippen LogP contribution in [0.4, 0.5) is 4.39 Å². The Kier molecular flexibility index (Phi) is 4.17. The molecule has 0 amide bonds. The van der Waals surface area contributed by atoms with Gasteiger partial charge in [-0.05, 0) is 55.2 Å². The normalized spacial score (nSPS) is 16.9. The minimum absolute atomic E-state index is 0. The highest BCUT2D eigenvalue weighted by Gasteiger charge is 2.26. The molecule has 1 aliphatic heterocycles. The van der Waals surface area contributed by atoms with E-state index in [0.29, 0.717) is 0 Å². The summed E-state index contributed by atoms with van der Waals surface area (Å²) in [6, 6.07) is 11.7. The maximum atomic E-state index is 13.6. The molecule has 2 N–H and O–H groups in total. The van der Waals surface area contributed by atoms with E-state index in [2.05, 4.69) is 42.3 Å². The molecule has 1 unspecified atom stereocenters. The van der Waals surface area contributed by atoms with Crippen molar-refractivity contribution in [2.24, 2.45) is 0 Å². The third-order valence-electron chi connectivity index (χ3n) is 4.65. The smallest absolute Gasteiger partial charge is 0.123 e. The molecular formula is C19H20ClFN2. The van der Waals surface area contributed by atoms with Crippen molar-refractivity contribution in [3.63, 3.8) is 0 Å². The molecule has 4 rings (SSSR count). The van der Waals surface area contributed by atoms with Crippen LogP contribution in [-0.4, -0.2) is 11.5 Å². The number of rotatable bonds is 1. The fourth-order valence-electron chi connectivity index (χ4n) is 3.62. The van der Waals surface area contributed by atoms with E-state index in [-0.39, 0.29) is 24.3 Å². The molecule has 0 radical (unpaired) electrons. The summed E-state index contributed by atoms with van der Waals surface area (Å²) in [6.45, 7) is 5.18. The Balaban J connectivity index is 0.00000156. The van der Waals surface area contributed by atoms with Crippen LogP contribution in [0.15, 0.2) is 36.4 Å². The lowest BCUT2D eigenvalue weighted by molar-refractivity contribution is 0.558. The number of hydrogen-bond acceptors (Lipinski definition) is 1. The SMILES string of the molecule is Cc1ccc(C2NCCc3c2[nH]c2ccc(F)cc32)c(C)c1.Cl. The summed E-state index contributed by atoms with van der Waals surface area (Å²) in [6.07, 6.45) is 0.931. The van der Waals surface area contributed by atoms with E-state index in [1.807, 2.05) is 6.07 Å². The number of H-pyrrole nitrogens is 1. The van der Waals surface area contributed by atoms with Crippen molar-refractivity contribution >= 4 is 23.3 Å². The third-order valence-corrected chi connectivity index (χ3v) is 4.65. The molecule has 4 heteroatoms. The van der Waals surface area contributed by atoms with Crippen LogP contribution in [-0.2, 0) is 6.42 Å². The minimum Gasteiger partial charge on any atom is -0.357 e. The van der Waals surface area contributed by atoms with Crippen molar-refractivity contribution < 1.29 is 4.39 Å². The Bertz CT molecular complexity index is 869. The molecule has 0 fully saturated rings. The number of aryl methyl sites for hydroxylation is 2. The Morgan fingerprint density at radius 3 is 2.70 bits per heavy atom. The standard InChI is InChI=1S/C19H19FN2.ClH/c1-11-3-5-14(12(2)9-11)18-19-15(7-8-21-18)16-10-13(20)4-6-17(16)22-19;/h3-6,9-10,18,21-22H,7-8H2,1-2H3;1H. The highest BCUT2D eigenvalue weighted by molar-refractivity contribution is 5.86. The van der Waals surface area contributed by atoms with Gasteiger partial charge in [-0.2, -0.15) is 0 Å². The largest absolute Gasteiger partial charge is 0.357 e. The first-order valence-electron chi connectivity index (χ1n) is 7.74. The maximum absolute atomic E-state index is 13.6. The zero-order chi connectivity index (χ0) is 15.3. The summed E-state index contributed by atoms with van der Waals surface area (Å²) in [4.78, 5) is 3.50. The second-order valence-electron chi connectivity index (χ2n) is 6.20. The van der Waals surface area contributed by atoms with Gasteiger partial charge >= 0.3 is 0 Å². The average Bonchev–Trinajstić information content (AvgIpc) is 2.85. The number of aromatic nitrogens is 1. The molecule has 0 saturated heterocycles. The second kappa shape index (κ2) is 5.99. The lowest BCUT2D eigenvalue weighted by Crippen LogP contribution is -2.30. The molecule has 0 spiro atoms. The molecule has 2 aromatic carbocycles. The summed E-state index contributed by atoms with van der Waals surface area (Å²) in [5.41, 5.74) is 7.30. The van der Waals surface area contributed by atoms with Gasteiger partial charge in [-0.25, -0.2) is 4.39 Å². The van der Waals surface area contributed by atoms with Crippen LogP contribution in [0.2, 0.25) is 0 Å². The number of halogens is 2. The number of nitrogens with one attached hydrogen (secondary N) is 2. The van der Waals surface area contributed by atoms with Gasteiger partial charge in [0, 0.05) is 23.1 Å². The lowest BCUT2D eigenvalue weighted by atomic mass is 9.91. The van der Waals surface area contributed by atoms with Gasteiger partial charge in [-0.15, -0.1) is 12.4 Å². The van der Waals surface area contributed by atoms with E-state index >= 15 is 0 Å². The van der Waals surface area contributed by atoms with Crippen LogP contribution in [0.5, 0.6) is 0 Å². The Morgan fingerprint density at radius 2 is 1.91 bits per heavy atom. The van der Waals surface area contributed by atoms with Crippen molar-refractivity contribution in [1.29, 1.82) is 0 Å². The predicted octanol–water partition coefficient (Wildman–Crippen LogP) is 4.58. The van der Waals surface area contributed by atoms with Gasteiger partial charge < -0.3 is 10.3 Å². The maximum Gasteiger partial charge on any atom is 0.123 e. The third kappa shape index (κ3) is 2.64. The summed E-state index contributed by atoms with van der Waals surface area (Å²) in [7, 11) is 0. The number of hydrogen-bond donors (Lipinski definition) is 2. The van der Waals surface area contributed by atoms with Crippen LogP contribution in [0, 0.1) is 19.7 Å². The molecule has 3 aromatic rings. The molecule has 1 aromatic heterocycles. The second-order valence-corrected chi connectivity index (χ2v) is 6.20. The van der Waals surface area contributed by atoms with Crippen molar-refractivity contribution in [3.05, 3.63) is 70.2 Å². The fraction of sp³-hybridized carbons (Fsp3) is 0.263. The highest BCUT2D eigenvalue weighted by atomic mass is 35.5. The predicted molar refractivity (Wildman–Crippen MR) is 95.0 cm³/mol. The number of benzene rings is 2. The molecule has 2 heterocycles. The number of aromatic amines is 1. The minimum atomic E-state index is -0.170. The van der Waals surface area contributed by atoms with Crippen molar-refractivity contribution in [1.82, 2.24) is 10.3 Å². The van der Waals surface area contributed by atoms with Crippen LogP contribution in [0.1, 0.15) is 34.0 Å². The summed E-state index contributed by atoms with van der Waals surface area (Å²) in [5, 5.41) is 4.62. The van der Waals surface area contributed by atoms with Crippen LogP contribution >= 0.6 is 12.4 Å². The zero-order valence-corrected chi connectivity index (χ0v) is 14.1. The lowest BCUT2D eigenvalue weighted by Gasteiger charge is -2.26. The first-order valence-corrected chi connectivity index (χ1v) is 7.74. The van der Waals surface area contributed by atoms with Gasteiger partial charge in [0.2, 0.25) is 0 Å². The average molecular weight is 331 g/mol. The van der Waals surface area contributed by atoms with Gasteiger partial charge in [-0.1, -0.05) is 23.8 Å². The Morgan fingerprint density at radius 1 is 1.09 bits per heavy atom. The van der Waals surface area contributed by atoms with Gasteiger partial charge in [0.1, 0.15) is 5.82 Å². The van der Waals surface area contributed by atoms with Crippen molar-refractivity contribution in [3.8, 4) is 0 Å². The summed E-state index contributed by atoms with van der Waals surface area (Å²) in [5.74, 6) is -0.170. The number of fused-ring (bicyclic) bond motifs is 3. The molecule has 23 heavy (non-hydrogen) atoms. The van der Waals surface area contributed by atoms with E-state index in [0.717, 1.165) is 23.9 Å². The van der Waals surface area contributed by atoms with Crippen LogP contribution < -0.4 is 5.32 Å². The summed E-state index contributed by atoms with van der Waals surface area (Å²) >= 11 is 0. The Labute approximate surface area is 141 Å². The van der Waals surface area contributed by atoms with Crippen LogP contribution in [0.25, 0.3) is 10.9 Å². The monoisotopic (exact) mass is 330 g/mol. The van der Waals surface area contributed by atoms with Gasteiger partial charge in [0.15, 0.2) is 0 Å². The van der Waals surface area contributed by atoms with E-state index < -0.39 is 0 Å². The first-order chi connectivity index (χ1) is 10.6. The molecule has 0 aliphatic carbocycles. The molecule has 1 atom stereocenters. The van der Waals surface area contributed by atoms with Gasteiger partial charge in [-0.3, -0.25) is 0 Å². The van der Waals surface area contributed by atoms with Crippen molar-refractivity contribution in [2.45, 2.75) is 26.3 Å². The molecule has 0 bridgehead atoms. The quantitative estimate of drug-likeness (QED) is 0.671. The molecular weight excluding hydrogens is 311 g/mol. The van der Waals surface area contributed by atoms with Crippen molar-refractivity contribution in [2.75, 3.05) is 6.54 Å². The zero-order valence-electron chi connectivity index (χ0n) is 13.2. The fourth-order valence-corrected chi connectivity index (χ4v) is 3.62.